The van der Waals surface area contributed by atoms with Crippen LogP contribution in [0.1, 0.15) is 22.8 Å². The number of ether oxygens (including phenoxy) is 5. The maximum atomic E-state index is 12.5. The molecule has 2 aromatic carbocycles. The molecule has 0 unspecified atom stereocenters. The third-order valence-electron chi connectivity index (χ3n) is 7.05. The van der Waals surface area contributed by atoms with Gasteiger partial charge in [-0.2, -0.15) is 0 Å². The topological polar surface area (TPSA) is 245 Å². The minimum absolute atomic E-state index is 0.370. The summed E-state index contributed by atoms with van der Waals surface area (Å²) < 4.78 is 27.3. The zero-order valence-corrected chi connectivity index (χ0v) is 22.3. The van der Waals surface area contributed by atoms with E-state index in [2.05, 4.69) is 0 Å². The number of carbonyl (C=O) groups excluding carboxylic acids is 1. The molecule has 0 aliphatic carbocycles. The van der Waals surface area contributed by atoms with Crippen LogP contribution in [-0.2, 0) is 25.4 Å². The Balaban J connectivity index is 1.39. The van der Waals surface area contributed by atoms with Gasteiger partial charge in [-0.1, -0.05) is 19.1 Å². The van der Waals surface area contributed by atoms with Crippen molar-refractivity contribution in [1.82, 2.24) is 0 Å². The fourth-order valence-corrected chi connectivity index (χ4v) is 4.53. The largest absolute Gasteiger partial charge is 0.504 e. The average molecular weight is 599 g/mol. The van der Waals surface area contributed by atoms with E-state index in [1.807, 2.05) is 19.1 Å². The predicted octanol–water partition coefficient (Wildman–Crippen LogP) is -1.77. The molecule has 15 nitrogen and oxygen atoms in total. The van der Waals surface area contributed by atoms with Gasteiger partial charge >= 0.3 is 5.97 Å². The van der Waals surface area contributed by atoms with E-state index >= 15 is 0 Å². The SMILES string of the molecule is CCc1ccc(O[C@H]2[C@H](O)[C@@H](O)[C@H](OC[C@H]3O[C@@H](OC(=O)c4cc(O)c(O)c(O)c4)[C@H](O)[C@@H](O)[C@@H]3O)O[C@@H]2CO)cc1. The number of phenolic OH excluding ortho intramolecular Hbond substituents is 3. The Morgan fingerprint density at radius 2 is 1.40 bits per heavy atom. The van der Waals surface area contributed by atoms with Gasteiger partial charge in [0.25, 0.3) is 0 Å². The van der Waals surface area contributed by atoms with Crippen LogP contribution in [-0.4, -0.2) is 127 Å². The molecule has 4 rings (SSSR count). The summed E-state index contributed by atoms with van der Waals surface area (Å²) in [5.74, 6) is -3.39. The van der Waals surface area contributed by atoms with Gasteiger partial charge in [-0.15, -0.1) is 0 Å². The molecule has 2 aliphatic rings. The molecule has 0 radical (unpaired) electrons. The van der Waals surface area contributed by atoms with Crippen LogP contribution in [0.2, 0.25) is 0 Å². The van der Waals surface area contributed by atoms with Gasteiger partial charge in [0.1, 0.15) is 48.5 Å². The van der Waals surface area contributed by atoms with Crippen LogP contribution in [0.25, 0.3) is 0 Å². The van der Waals surface area contributed by atoms with Gasteiger partial charge in [0.05, 0.1) is 18.8 Å². The molecule has 2 aliphatic heterocycles. The van der Waals surface area contributed by atoms with Crippen LogP contribution in [0.15, 0.2) is 36.4 Å². The average Bonchev–Trinajstić information content (AvgIpc) is 2.98. The molecule has 0 bridgehead atoms. The Morgan fingerprint density at radius 3 is 2.00 bits per heavy atom. The normalized spacial score (nSPS) is 33.2. The van der Waals surface area contributed by atoms with E-state index in [9.17, 15) is 50.8 Å². The number of hydrogen-bond acceptors (Lipinski definition) is 15. The second-order valence-electron chi connectivity index (χ2n) is 9.90. The molecule has 2 aromatic rings. The predicted molar refractivity (Wildman–Crippen MR) is 137 cm³/mol. The van der Waals surface area contributed by atoms with E-state index in [4.69, 9.17) is 23.7 Å². The second kappa shape index (κ2) is 13.4. The number of benzene rings is 2. The molecule has 2 heterocycles. The highest BCUT2D eigenvalue weighted by atomic mass is 16.7. The molecular weight excluding hydrogens is 564 g/mol. The fraction of sp³-hybridized carbons (Fsp3) is 0.519. The van der Waals surface area contributed by atoms with Crippen LogP contribution >= 0.6 is 0 Å². The van der Waals surface area contributed by atoms with Crippen molar-refractivity contribution < 1.29 is 74.4 Å². The zero-order chi connectivity index (χ0) is 30.7. The third-order valence-corrected chi connectivity index (χ3v) is 7.05. The Morgan fingerprint density at radius 1 is 0.810 bits per heavy atom. The van der Waals surface area contributed by atoms with Gasteiger partial charge in [0, 0.05) is 0 Å². The highest BCUT2D eigenvalue weighted by Gasteiger charge is 2.49. The number of aromatic hydroxyl groups is 3. The van der Waals surface area contributed by atoms with E-state index in [-0.39, 0.29) is 0 Å². The van der Waals surface area contributed by atoms with Gasteiger partial charge in [-0.3, -0.25) is 0 Å². The minimum atomic E-state index is -1.93. The highest BCUT2D eigenvalue weighted by molar-refractivity contribution is 5.91. The quantitative estimate of drug-likeness (QED) is 0.115. The molecule has 0 saturated carbocycles. The molecule has 2 fully saturated rings. The van der Waals surface area contributed by atoms with Crippen molar-refractivity contribution in [1.29, 1.82) is 0 Å². The molecule has 232 valence electrons. The number of hydrogen-bond donors (Lipinski definition) is 9. The molecule has 9 N–H and O–H groups in total. The van der Waals surface area contributed by atoms with Crippen molar-refractivity contribution in [2.75, 3.05) is 13.2 Å². The van der Waals surface area contributed by atoms with E-state index in [1.165, 1.54) is 0 Å². The first-order valence-electron chi connectivity index (χ1n) is 13.1. The summed E-state index contributed by atoms with van der Waals surface area (Å²) in [6, 6.07) is 8.55. The van der Waals surface area contributed by atoms with Gasteiger partial charge in [0.2, 0.25) is 6.29 Å². The first-order valence-corrected chi connectivity index (χ1v) is 13.1. The number of phenols is 3. The molecule has 0 spiro atoms. The number of esters is 1. The molecule has 2 saturated heterocycles. The summed E-state index contributed by atoms with van der Waals surface area (Å²) in [5, 5.41) is 90.9. The van der Waals surface area contributed by atoms with Crippen molar-refractivity contribution in [3.05, 3.63) is 47.5 Å². The van der Waals surface area contributed by atoms with Crippen molar-refractivity contribution in [3.63, 3.8) is 0 Å². The lowest BCUT2D eigenvalue weighted by Gasteiger charge is -2.43. The number of rotatable bonds is 9. The summed E-state index contributed by atoms with van der Waals surface area (Å²) in [6.07, 6.45) is -15.3. The zero-order valence-electron chi connectivity index (χ0n) is 22.3. The lowest BCUT2D eigenvalue weighted by molar-refractivity contribution is -0.323. The Hall–Kier alpha value is -3.25. The Bertz CT molecular complexity index is 1180. The van der Waals surface area contributed by atoms with Crippen LogP contribution < -0.4 is 4.74 Å². The van der Waals surface area contributed by atoms with E-state index in [0.717, 1.165) is 24.1 Å². The van der Waals surface area contributed by atoms with Gasteiger partial charge in [-0.05, 0) is 36.2 Å². The lowest BCUT2D eigenvalue weighted by Crippen LogP contribution is -2.62. The molecule has 42 heavy (non-hydrogen) atoms. The van der Waals surface area contributed by atoms with Crippen LogP contribution in [0, 0.1) is 0 Å². The maximum Gasteiger partial charge on any atom is 0.340 e. The third kappa shape index (κ3) is 6.70. The summed E-state index contributed by atoms with van der Waals surface area (Å²) in [5.41, 5.74) is 0.614. The van der Waals surface area contributed by atoms with Crippen molar-refractivity contribution in [2.24, 2.45) is 0 Å². The van der Waals surface area contributed by atoms with Gasteiger partial charge < -0.3 is 69.6 Å². The van der Waals surface area contributed by atoms with Crippen LogP contribution in [0.5, 0.6) is 23.0 Å². The first kappa shape index (κ1) is 31.7. The molecule has 0 amide bonds. The molecule has 10 atom stereocenters. The number of aliphatic hydroxyl groups is 6. The molecule has 15 heteroatoms. The van der Waals surface area contributed by atoms with Crippen LogP contribution in [0.3, 0.4) is 0 Å². The monoisotopic (exact) mass is 598 g/mol. The minimum Gasteiger partial charge on any atom is -0.504 e. The van der Waals surface area contributed by atoms with E-state index < -0.39 is 103 Å². The second-order valence-corrected chi connectivity index (χ2v) is 9.90. The highest BCUT2D eigenvalue weighted by Crippen LogP contribution is 2.36. The summed E-state index contributed by atoms with van der Waals surface area (Å²) in [7, 11) is 0. The van der Waals surface area contributed by atoms with E-state index in [0.29, 0.717) is 5.75 Å². The molecule has 0 aromatic heterocycles. The van der Waals surface area contributed by atoms with Gasteiger partial charge in [-0.25, -0.2) is 4.79 Å². The summed E-state index contributed by atoms with van der Waals surface area (Å²) >= 11 is 0. The van der Waals surface area contributed by atoms with Crippen molar-refractivity contribution in [3.8, 4) is 23.0 Å². The van der Waals surface area contributed by atoms with Crippen molar-refractivity contribution in [2.45, 2.75) is 74.8 Å². The van der Waals surface area contributed by atoms with E-state index in [1.54, 1.807) is 12.1 Å². The lowest BCUT2D eigenvalue weighted by atomic mass is 9.98. The maximum absolute atomic E-state index is 12.5. The van der Waals surface area contributed by atoms with Gasteiger partial charge in [0.15, 0.2) is 29.6 Å². The number of aliphatic hydroxyl groups excluding tert-OH is 6. The Labute approximate surface area is 239 Å². The van der Waals surface area contributed by atoms with Crippen LogP contribution in [0.4, 0.5) is 0 Å². The molecular formula is C27H34O15. The number of aryl methyl sites for hydroxylation is 1. The smallest absolute Gasteiger partial charge is 0.340 e. The fourth-order valence-electron chi connectivity index (χ4n) is 4.53. The standard InChI is InChI=1S/C27H34O15/c1-2-11-3-5-13(6-4-11)39-24-16(9-28)40-26(23(36)21(24)34)38-10-17-19(32)20(33)22(35)27(41-17)42-25(37)12-7-14(29)18(31)15(30)8-12/h3-8,16-17,19-24,26-36H,2,9-10H2,1H3/t16-,17-,19-,20+,21-,22-,23-,24-,26-,27+/m1/s1. The Kier molecular flexibility index (Phi) is 10.1. The number of carbonyl (C=O) groups is 1. The van der Waals surface area contributed by atoms with Crippen molar-refractivity contribution >= 4 is 5.97 Å². The summed E-state index contributed by atoms with van der Waals surface area (Å²) in [6.45, 7) is 0.752. The first-order chi connectivity index (χ1) is 19.9. The summed E-state index contributed by atoms with van der Waals surface area (Å²) in [4.78, 5) is 12.5.